The lowest BCUT2D eigenvalue weighted by molar-refractivity contribution is -0.138. The van der Waals surface area contributed by atoms with Crippen LogP contribution < -0.4 is 9.80 Å². The van der Waals surface area contributed by atoms with Crippen LogP contribution in [-0.4, -0.2) is 54.4 Å². The van der Waals surface area contributed by atoms with Crippen LogP contribution in [0.5, 0.6) is 0 Å². The third-order valence-corrected chi connectivity index (χ3v) is 5.61. The fraction of sp³-hybridized carbons (Fsp3) is 0.381. The number of benzene rings is 1. The number of anilines is 2. The second-order valence-corrected chi connectivity index (χ2v) is 7.57. The van der Waals surface area contributed by atoms with E-state index in [-0.39, 0.29) is 30.5 Å². The van der Waals surface area contributed by atoms with Gasteiger partial charge in [0.25, 0.3) is 0 Å². The molecule has 0 aliphatic carbocycles. The zero-order chi connectivity index (χ0) is 22.2. The Kier molecular flexibility index (Phi) is 5.55. The van der Waals surface area contributed by atoms with Gasteiger partial charge in [-0.25, -0.2) is 9.37 Å². The third kappa shape index (κ3) is 4.33. The van der Waals surface area contributed by atoms with Crippen LogP contribution in [0, 0.1) is 11.7 Å². The number of para-hydroxylation sites is 1. The number of carbonyl (C=O) groups excluding carboxylic acids is 2. The Morgan fingerprint density at radius 1 is 1.03 bits per heavy atom. The van der Waals surface area contributed by atoms with Gasteiger partial charge in [0.1, 0.15) is 11.6 Å². The average Bonchev–Trinajstić information content (AvgIpc) is 3.14. The van der Waals surface area contributed by atoms with Crippen molar-refractivity contribution in [1.82, 2.24) is 9.88 Å². The summed E-state index contributed by atoms with van der Waals surface area (Å²) in [6.45, 7) is 1.70. The Balaban J connectivity index is 1.35. The maximum absolute atomic E-state index is 14.0. The predicted molar refractivity (Wildman–Crippen MR) is 105 cm³/mol. The van der Waals surface area contributed by atoms with Gasteiger partial charge in [0.05, 0.1) is 17.2 Å². The molecule has 0 unspecified atom stereocenters. The number of rotatable bonds is 3. The molecule has 164 valence electrons. The van der Waals surface area contributed by atoms with E-state index in [1.54, 1.807) is 11.0 Å². The second-order valence-electron chi connectivity index (χ2n) is 7.57. The number of piperazine rings is 1. The van der Waals surface area contributed by atoms with Crippen molar-refractivity contribution in [2.45, 2.75) is 12.6 Å². The van der Waals surface area contributed by atoms with Crippen molar-refractivity contribution < 1.29 is 27.2 Å². The molecule has 0 N–H and O–H groups in total. The van der Waals surface area contributed by atoms with Crippen LogP contribution in [0.1, 0.15) is 12.0 Å². The molecule has 10 heteroatoms. The normalized spacial score (nSPS) is 19.8. The zero-order valence-electron chi connectivity index (χ0n) is 16.5. The van der Waals surface area contributed by atoms with Gasteiger partial charge >= 0.3 is 6.18 Å². The number of hydrogen-bond acceptors (Lipinski definition) is 4. The van der Waals surface area contributed by atoms with Gasteiger partial charge in [0, 0.05) is 45.3 Å². The fourth-order valence-corrected chi connectivity index (χ4v) is 3.93. The molecule has 0 saturated carbocycles. The number of pyridine rings is 1. The Morgan fingerprint density at radius 2 is 1.74 bits per heavy atom. The highest BCUT2D eigenvalue weighted by atomic mass is 19.4. The summed E-state index contributed by atoms with van der Waals surface area (Å²) in [4.78, 5) is 33.9. The molecule has 0 radical (unpaired) electrons. The van der Waals surface area contributed by atoms with E-state index in [9.17, 15) is 27.2 Å². The van der Waals surface area contributed by atoms with E-state index in [0.29, 0.717) is 32.0 Å². The lowest BCUT2D eigenvalue weighted by Crippen LogP contribution is -2.51. The van der Waals surface area contributed by atoms with Crippen LogP contribution in [0.3, 0.4) is 0 Å². The molecule has 1 atom stereocenters. The highest BCUT2D eigenvalue weighted by molar-refractivity contribution is 6.00. The summed E-state index contributed by atoms with van der Waals surface area (Å²) in [5.74, 6) is -1.12. The van der Waals surface area contributed by atoms with Crippen LogP contribution in [0.4, 0.5) is 29.1 Å². The Labute approximate surface area is 176 Å². The minimum absolute atomic E-state index is 0.0217. The SMILES string of the molecule is O=C([C@@H]1CC(=O)N(c2ccccc2F)C1)N1CCN(c2ccc(C(F)(F)F)cn2)CC1. The van der Waals surface area contributed by atoms with Crippen LogP contribution >= 0.6 is 0 Å². The maximum atomic E-state index is 14.0. The van der Waals surface area contributed by atoms with E-state index in [1.165, 1.54) is 29.2 Å². The first-order valence-corrected chi connectivity index (χ1v) is 9.86. The first-order chi connectivity index (χ1) is 14.7. The topological polar surface area (TPSA) is 56.8 Å². The Morgan fingerprint density at radius 3 is 2.35 bits per heavy atom. The first-order valence-electron chi connectivity index (χ1n) is 9.86. The van der Waals surface area contributed by atoms with Crippen molar-refractivity contribution in [2.75, 3.05) is 42.5 Å². The maximum Gasteiger partial charge on any atom is 0.417 e. The molecule has 2 amide bonds. The average molecular weight is 436 g/mol. The van der Waals surface area contributed by atoms with E-state index in [4.69, 9.17) is 0 Å². The molecule has 2 aliphatic rings. The van der Waals surface area contributed by atoms with Crippen LogP contribution in [0.15, 0.2) is 42.6 Å². The largest absolute Gasteiger partial charge is 0.417 e. The summed E-state index contributed by atoms with van der Waals surface area (Å²) in [6.07, 6.45) is -3.62. The van der Waals surface area contributed by atoms with Crippen molar-refractivity contribution in [3.8, 4) is 0 Å². The lowest BCUT2D eigenvalue weighted by Gasteiger charge is -2.36. The summed E-state index contributed by atoms with van der Waals surface area (Å²) in [5.41, 5.74) is -0.642. The van der Waals surface area contributed by atoms with E-state index in [2.05, 4.69) is 4.98 Å². The van der Waals surface area contributed by atoms with Gasteiger partial charge in [-0.05, 0) is 24.3 Å². The van der Waals surface area contributed by atoms with Crippen molar-refractivity contribution >= 4 is 23.3 Å². The number of carbonyl (C=O) groups is 2. The Bertz CT molecular complexity index is 972. The number of nitrogens with zero attached hydrogens (tertiary/aromatic N) is 4. The monoisotopic (exact) mass is 436 g/mol. The van der Waals surface area contributed by atoms with Gasteiger partial charge in [0.15, 0.2) is 0 Å². The molecule has 2 saturated heterocycles. The van der Waals surface area contributed by atoms with Crippen LogP contribution in [0.2, 0.25) is 0 Å². The molecular formula is C21H20F4N4O2. The minimum atomic E-state index is -4.44. The lowest BCUT2D eigenvalue weighted by atomic mass is 10.1. The molecule has 1 aromatic carbocycles. The molecule has 3 heterocycles. The molecule has 2 aromatic rings. The highest BCUT2D eigenvalue weighted by Crippen LogP contribution is 2.30. The van der Waals surface area contributed by atoms with E-state index >= 15 is 0 Å². The summed E-state index contributed by atoms with van der Waals surface area (Å²) in [6, 6.07) is 8.26. The van der Waals surface area contributed by atoms with Crippen molar-refractivity contribution in [1.29, 1.82) is 0 Å². The van der Waals surface area contributed by atoms with Gasteiger partial charge in [-0.15, -0.1) is 0 Å². The summed E-state index contributed by atoms with van der Waals surface area (Å²) < 4.78 is 52.1. The molecule has 31 heavy (non-hydrogen) atoms. The van der Waals surface area contributed by atoms with Crippen molar-refractivity contribution in [2.24, 2.45) is 5.92 Å². The number of halogens is 4. The van der Waals surface area contributed by atoms with Gasteiger partial charge < -0.3 is 14.7 Å². The number of alkyl halides is 3. The number of hydrogen-bond donors (Lipinski definition) is 0. The molecule has 6 nitrogen and oxygen atoms in total. The van der Waals surface area contributed by atoms with Gasteiger partial charge in [-0.3, -0.25) is 9.59 Å². The fourth-order valence-electron chi connectivity index (χ4n) is 3.93. The van der Waals surface area contributed by atoms with Crippen molar-refractivity contribution in [3.05, 3.63) is 54.0 Å². The first kappa shape index (κ1) is 21.1. The zero-order valence-corrected chi connectivity index (χ0v) is 16.5. The molecule has 0 spiro atoms. The quantitative estimate of drug-likeness (QED) is 0.695. The Hall–Kier alpha value is -3.17. The summed E-state index contributed by atoms with van der Waals surface area (Å²) >= 11 is 0. The summed E-state index contributed by atoms with van der Waals surface area (Å²) in [5, 5.41) is 0. The predicted octanol–water partition coefficient (Wildman–Crippen LogP) is 2.94. The summed E-state index contributed by atoms with van der Waals surface area (Å²) in [7, 11) is 0. The minimum Gasteiger partial charge on any atom is -0.353 e. The van der Waals surface area contributed by atoms with E-state index in [1.807, 2.05) is 4.90 Å². The smallest absolute Gasteiger partial charge is 0.353 e. The second kappa shape index (κ2) is 8.16. The molecule has 0 bridgehead atoms. The van der Waals surface area contributed by atoms with Crippen LogP contribution in [-0.2, 0) is 15.8 Å². The molecular weight excluding hydrogens is 416 g/mol. The number of amides is 2. The molecule has 4 rings (SSSR count). The molecule has 1 aromatic heterocycles. The molecule has 2 fully saturated rings. The van der Waals surface area contributed by atoms with Gasteiger partial charge in [-0.2, -0.15) is 13.2 Å². The van der Waals surface area contributed by atoms with Gasteiger partial charge in [-0.1, -0.05) is 12.1 Å². The number of aromatic nitrogens is 1. The van der Waals surface area contributed by atoms with E-state index < -0.39 is 23.5 Å². The standard InChI is InChI=1S/C21H20F4N4O2/c22-16-3-1-2-4-17(16)29-13-14(11-19(29)30)20(31)28-9-7-27(8-10-28)18-6-5-15(12-26-18)21(23,24)25/h1-6,12,14H,7-11,13H2/t14-/m1/s1. The molecule has 2 aliphatic heterocycles. The third-order valence-electron chi connectivity index (χ3n) is 5.61. The van der Waals surface area contributed by atoms with E-state index in [0.717, 1.165) is 12.3 Å². The van der Waals surface area contributed by atoms with Crippen LogP contribution in [0.25, 0.3) is 0 Å². The van der Waals surface area contributed by atoms with Crippen molar-refractivity contribution in [3.63, 3.8) is 0 Å². The highest BCUT2D eigenvalue weighted by Gasteiger charge is 2.39. The van der Waals surface area contributed by atoms with Gasteiger partial charge in [0.2, 0.25) is 11.8 Å².